The molecule has 0 bridgehead atoms. The molecule has 1 aromatic heterocycles. The summed E-state index contributed by atoms with van der Waals surface area (Å²) in [4.78, 5) is 4.13. The van der Waals surface area contributed by atoms with E-state index in [0.29, 0.717) is 6.54 Å². The number of thiazole rings is 1. The molecule has 0 aliphatic rings. The topological polar surface area (TPSA) is 24.9 Å². The van der Waals surface area contributed by atoms with Gasteiger partial charge in [-0.1, -0.05) is 5.92 Å². The van der Waals surface area contributed by atoms with Gasteiger partial charge in [0.2, 0.25) is 0 Å². The van der Waals surface area contributed by atoms with Crippen LogP contribution in [0.5, 0.6) is 0 Å². The van der Waals surface area contributed by atoms with Crippen molar-refractivity contribution in [3.8, 4) is 12.3 Å². The molecule has 0 fully saturated rings. The van der Waals surface area contributed by atoms with E-state index >= 15 is 0 Å². The number of aromatic nitrogens is 1. The second-order valence-corrected chi connectivity index (χ2v) is 4.36. The van der Waals surface area contributed by atoms with Crippen molar-refractivity contribution in [1.82, 2.24) is 10.3 Å². The van der Waals surface area contributed by atoms with E-state index in [1.54, 1.807) is 17.5 Å². The summed E-state index contributed by atoms with van der Waals surface area (Å²) in [5.74, 6) is 2.50. The van der Waals surface area contributed by atoms with Gasteiger partial charge in [0.25, 0.3) is 0 Å². The van der Waals surface area contributed by atoms with Gasteiger partial charge in [-0.2, -0.15) is 0 Å². The van der Waals surface area contributed by atoms with Crippen LogP contribution >= 0.6 is 27.3 Å². The Kier molecular flexibility index (Phi) is 3.57. The molecule has 0 aromatic carbocycles. The molecule has 0 amide bonds. The Bertz CT molecular complexity index is 264. The zero-order chi connectivity index (χ0) is 8.10. The predicted molar refractivity (Wildman–Crippen MR) is 50.4 cm³/mol. The monoisotopic (exact) mass is 230 g/mol. The van der Waals surface area contributed by atoms with Crippen molar-refractivity contribution in [2.75, 3.05) is 6.54 Å². The van der Waals surface area contributed by atoms with Crippen LogP contribution in [0.3, 0.4) is 0 Å². The Labute approximate surface area is 78.2 Å². The van der Waals surface area contributed by atoms with Gasteiger partial charge in [-0.3, -0.25) is 5.32 Å². The molecule has 4 heteroatoms. The number of nitrogens with zero attached hydrogens (tertiary/aromatic N) is 1. The van der Waals surface area contributed by atoms with E-state index in [1.807, 2.05) is 0 Å². The number of nitrogens with one attached hydrogen (secondary N) is 1. The average molecular weight is 231 g/mol. The highest BCUT2D eigenvalue weighted by molar-refractivity contribution is 9.11. The summed E-state index contributed by atoms with van der Waals surface area (Å²) < 4.78 is 1.05. The second-order valence-electron chi connectivity index (χ2n) is 1.87. The molecule has 11 heavy (non-hydrogen) atoms. The molecule has 0 saturated heterocycles. The second kappa shape index (κ2) is 4.50. The predicted octanol–water partition coefficient (Wildman–Crippen LogP) is 1.63. The lowest BCUT2D eigenvalue weighted by atomic mass is 10.6. The molecule has 0 aliphatic carbocycles. The van der Waals surface area contributed by atoms with Crippen molar-refractivity contribution >= 4 is 27.3 Å². The third-order valence-corrected chi connectivity index (χ3v) is 2.50. The summed E-state index contributed by atoms with van der Waals surface area (Å²) in [5, 5.41) is 4.10. The lowest BCUT2D eigenvalue weighted by molar-refractivity contribution is 0.764. The van der Waals surface area contributed by atoms with Crippen LogP contribution in [0.25, 0.3) is 0 Å². The number of rotatable bonds is 3. The summed E-state index contributed by atoms with van der Waals surface area (Å²) in [7, 11) is 0. The number of terminal acetylenes is 1. The van der Waals surface area contributed by atoms with Gasteiger partial charge in [-0.15, -0.1) is 17.8 Å². The first-order chi connectivity index (χ1) is 5.33. The van der Waals surface area contributed by atoms with Gasteiger partial charge >= 0.3 is 0 Å². The number of hydrogen-bond acceptors (Lipinski definition) is 3. The fraction of sp³-hybridized carbons (Fsp3) is 0.286. The minimum atomic E-state index is 0.594. The highest BCUT2D eigenvalue weighted by Gasteiger charge is 1.96. The van der Waals surface area contributed by atoms with Gasteiger partial charge in [-0.25, -0.2) is 4.98 Å². The number of hydrogen-bond donors (Lipinski definition) is 1. The number of halogens is 1. The molecule has 0 saturated carbocycles. The van der Waals surface area contributed by atoms with Crippen molar-refractivity contribution in [2.24, 2.45) is 0 Å². The molecule has 0 spiro atoms. The van der Waals surface area contributed by atoms with Crippen molar-refractivity contribution in [1.29, 1.82) is 0 Å². The van der Waals surface area contributed by atoms with E-state index in [0.717, 1.165) is 15.3 Å². The van der Waals surface area contributed by atoms with Gasteiger partial charge in [-0.05, 0) is 15.9 Å². The van der Waals surface area contributed by atoms with Crippen molar-refractivity contribution in [3.05, 3.63) is 15.0 Å². The molecule has 0 radical (unpaired) electrons. The fourth-order valence-corrected chi connectivity index (χ4v) is 1.88. The highest BCUT2D eigenvalue weighted by Crippen LogP contribution is 2.18. The molecule has 0 unspecified atom stereocenters. The Morgan fingerprint density at radius 2 is 2.64 bits per heavy atom. The maximum atomic E-state index is 5.06. The van der Waals surface area contributed by atoms with E-state index in [-0.39, 0.29) is 0 Å². The Morgan fingerprint density at radius 3 is 3.18 bits per heavy atom. The largest absolute Gasteiger partial charge is 0.300 e. The van der Waals surface area contributed by atoms with Gasteiger partial charge in [0.15, 0.2) is 0 Å². The smallest absolute Gasteiger partial charge is 0.107 e. The summed E-state index contributed by atoms with van der Waals surface area (Å²) in [5.41, 5.74) is 0. The fourth-order valence-electron chi connectivity index (χ4n) is 0.611. The van der Waals surface area contributed by atoms with Crippen molar-refractivity contribution in [3.63, 3.8) is 0 Å². The van der Waals surface area contributed by atoms with Crippen LogP contribution in [0.15, 0.2) is 9.98 Å². The van der Waals surface area contributed by atoms with Gasteiger partial charge in [0, 0.05) is 6.54 Å². The molecule has 0 aliphatic heterocycles. The van der Waals surface area contributed by atoms with E-state index in [4.69, 9.17) is 6.42 Å². The summed E-state index contributed by atoms with van der Waals surface area (Å²) in [6, 6.07) is 0. The molecule has 1 aromatic rings. The molecule has 58 valence electrons. The Hall–Kier alpha value is -0.370. The highest BCUT2D eigenvalue weighted by atomic mass is 79.9. The summed E-state index contributed by atoms with van der Waals surface area (Å²) >= 11 is 4.94. The van der Waals surface area contributed by atoms with E-state index < -0.39 is 0 Å². The summed E-state index contributed by atoms with van der Waals surface area (Å²) in [6.07, 6.45) is 6.85. The Balaban J connectivity index is 2.34. The molecular formula is C7H7BrN2S. The molecule has 1 N–H and O–H groups in total. The van der Waals surface area contributed by atoms with Crippen LogP contribution in [0, 0.1) is 12.3 Å². The first kappa shape index (κ1) is 8.72. The molecule has 0 atom stereocenters. The van der Waals surface area contributed by atoms with E-state index in [9.17, 15) is 0 Å². The lowest BCUT2D eigenvalue weighted by Gasteiger charge is -1.93. The summed E-state index contributed by atoms with van der Waals surface area (Å²) in [6.45, 7) is 1.34. The van der Waals surface area contributed by atoms with Crippen LogP contribution in [-0.2, 0) is 6.54 Å². The molecular weight excluding hydrogens is 224 g/mol. The van der Waals surface area contributed by atoms with Crippen LogP contribution in [-0.4, -0.2) is 11.5 Å². The standard InChI is InChI=1S/C7H7BrN2S/c1-2-3-9-5-7-10-4-6(8)11-7/h1,4,9H,3,5H2. The van der Waals surface area contributed by atoms with Gasteiger partial charge in [0.1, 0.15) is 5.01 Å². The molecule has 2 nitrogen and oxygen atoms in total. The molecule has 1 rings (SSSR count). The zero-order valence-corrected chi connectivity index (χ0v) is 8.20. The third kappa shape index (κ3) is 3.02. The molecule has 1 heterocycles. The minimum absolute atomic E-state index is 0.594. The van der Waals surface area contributed by atoms with Crippen LogP contribution in [0.2, 0.25) is 0 Å². The first-order valence-corrected chi connectivity index (χ1v) is 4.68. The van der Waals surface area contributed by atoms with Crippen LogP contribution < -0.4 is 5.32 Å². The zero-order valence-electron chi connectivity index (χ0n) is 5.80. The van der Waals surface area contributed by atoms with Crippen molar-refractivity contribution < 1.29 is 0 Å². The van der Waals surface area contributed by atoms with Crippen molar-refractivity contribution in [2.45, 2.75) is 6.54 Å². The average Bonchev–Trinajstić information content (AvgIpc) is 2.37. The maximum absolute atomic E-state index is 5.06. The quantitative estimate of drug-likeness (QED) is 0.631. The maximum Gasteiger partial charge on any atom is 0.107 e. The minimum Gasteiger partial charge on any atom is -0.300 e. The van der Waals surface area contributed by atoms with Crippen LogP contribution in [0.4, 0.5) is 0 Å². The van der Waals surface area contributed by atoms with E-state index in [1.165, 1.54) is 0 Å². The lowest BCUT2D eigenvalue weighted by Crippen LogP contribution is -2.12. The van der Waals surface area contributed by atoms with Crippen LogP contribution in [0.1, 0.15) is 5.01 Å². The van der Waals surface area contributed by atoms with Gasteiger partial charge < -0.3 is 0 Å². The normalized spacial score (nSPS) is 9.45. The Morgan fingerprint density at radius 1 is 1.82 bits per heavy atom. The third-order valence-electron chi connectivity index (χ3n) is 1.03. The van der Waals surface area contributed by atoms with Gasteiger partial charge in [0.05, 0.1) is 16.5 Å². The first-order valence-electron chi connectivity index (χ1n) is 3.07. The SMILES string of the molecule is C#CCNCc1ncc(Br)s1. The van der Waals surface area contributed by atoms with E-state index in [2.05, 4.69) is 32.2 Å².